The van der Waals surface area contributed by atoms with Crippen LogP contribution in [-0.4, -0.2) is 31.1 Å². The van der Waals surface area contributed by atoms with Crippen molar-refractivity contribution in [2.75, 3.05) is 20.2 Å². The topological polar surface area (TPSA) is 58.5 Å². The minimum Gasteiger partial charge on any atom is -0.491 e. The van der Waals surface area contributed by atoms with Crippen LogP contribution >= 0.6 is 24.0 Å². The van der Waals surface area contributed by atoms with E-state index in [0.717, 1.165) is 17.4 Å². The lowest BCUT2D eigenvalue weighted by Crippen LogP contribution is -2.39. The SMILES string of the molecule is CN=C(NCCOc1ccccc1C(C)C)NCc1ccccn1.I. The van der Waals surface area contributed by atoms with Crippen LogP contribution in [0, 0.1) is 0 Å². The highest BCUT2D eigenvalue weighted by Gasteiger charge is 2.06. The van der Waals surface area contributed by atoms with Gasteiger partial charge in [-0.3, -0.25) is 9.98 Å². The zero-order valence-electron chi connectivity index (χ0n) is 15.0. The van der Waals surface area contributed by atoms with Gasteiger partial charge in [0.15, 0.2) is 5.96 Å². The summed E-state index contributed by atoms with van der Waals surface area (Å²) in [6.07, 6.45) is 1.78. The van der Waals surface area contributed by atoms with E-state index in [1.54, 1.807) is 13.2 Å². The summed E-state index contributed by atoms with van der Waals surface area (Å²) >= 11 is 0. The van der Waals surface area contributed by atoms with E-state index in [1.165, 1.54) is 5.56 Å². The Kier molecular flexibility index (Phi) is 9.91. The largest absolute Gasteiger partial charge is 0.491 e. The lowest BCUT2D eigenvalue weighted by molar-refractivity contribution is 0.317. The van der Waals surface area contributed by atoms with Gasteiger partial charge in [-0.15, -0.1) is 24.0 Å². The molecule has 0 atom stereocenters. The number of para-hydroxylation sites is 1. The van der Waals surface area contributed by atoms with E-state index >= 15 is 0 Å². The van der Waals surface area contributed by atoms with Crippen molar-refractivity contribution >= 4 is 29.9 Å². The molecule has 0 amide bonds. The molecule has 1 aromatic carbocycles. The first-order valence-electron chi connectivity index (χ1n) is 8.27. The number of nitrogens with one attached hydrogen (secondary N) is 2. The molecule has 0 saturated carbocycles. The Morgan fingerprint density at radius 1 is 1.12 bits per heavy atom. The molecule has 2 rings (SSSR count). The first-order chi connectivity index (χ1) is 11.7. The van der Waals surface area contributed by atoms with Gasteiger partial charge < -0.3 is 15.4 Å². The first kappa shape index (κ1) is 21.2. The molecule has 0 bridgehead atoms. The van der Waals surface area contributed by atoms with Crippen molar-refractivity contribution in [2.24, 2.45) is 4.99 Å². The number of ether oxygens (including phenoxy) is 1. The average molecular weight is 454 g/mol. The van der Waals surface area contributed by atoms with Crippen molar-refractivity contribution in [1.82, 2.24) is 15.6 Å². The molecule has 0 aliphatic heterocycles. The van der Waals surface area contributed by atoms with E-state index in [0.29, 0.717) is 25.6 Å². The Morgan fingerprint density at radius 3 is 2.56 bits per heavy atom. The summed E-state index contributed by atoms with van der Waals surface area (Å²) in [5.74, 6) is 2.13. The second-order valence-corrected chi connectivity index (χ2v) is 5.71. The molecule has 0 radical (unpaired) electrons. The van der Waals surface area contributed by atoms with Gasteiger partial charge in [0.25, 0.3) is 0 Å². The normalized spacial score (nSPS) is 11.0. The molecule has 2 N–H and O–H groups in total. The van der Waals surface area contributed by atoms with Gasteiger partial charge >= 0.3 is 0 Å². The van der Waals surface area contributed by atoms with Gasteiger partial charge in [-0.25, -0.2) is 0 Å². The minimum absolute atomic E-state index is 0. The summed E-state index contributed by atoms with van der Waals surface area (Å²) < 4.78 is 5.90. The number of nitrogens with zero attached hydrogens (tertiary/aromatic N) is 2. The summed E-state index contributed by atoms with van der Waals surface area (Å²) in [6.45, 7) is 6.23. The van der Waals surface area contributed by atoms with Gasteiger partial charge in [0.05, 0.1) is 18.8 Å². The lowest BCUT2D eigenvalue weighted by Gasteiger charge is -2.15. The second kappa shape index (κ2) is 11.7. The Morgan fingerprint density at radius 2 is 1.88 bits per heavy atom. The molecule has 1 aromatic heterocycles. The summed E-state index contributed by atoms with van der Waals surface area (Å²) in [5, 5.41) is 6.48. The minimum atomic E-state index is 0. The van der Waals surface area contributed by atoms with Gasteiger partial charge in [-0.2, -0.15) is 0 Å². The third kappa shape index (κ3) is 7.29. The molecular formula is C19H27IN4O. The van der Waals surface area contributed by atoms with Crippen LogP contribution in [0.2, 0.25) is 0 Å². The molecule has 2 aromatic rings. The van der Waals surface area contributed by atoms with Crippen LogP contribution < -0.4 is 15.4 Å². The number of guanidine groups is 1. The average Bonchev–Trinajstić information content (AvgIpc) is 2.62. The van der Waals surface area contributed by atoms with Crippen molar-refractivity contribution in [3.63, 3.8) is 0 Å². The van der Waals surface area contributed by atoms with Crippen LogP contribution in [0.4, 0.5) is 0 Å². The fourth-order valence-electron chi connectivity index (χ4n) is 2.32. The monoisotopic (exact) mass is 454 g/mol. The number of hydrogen-bond acceptors (Lipinski definition) is 3. The van der Waals surface area contributed by atoms with E-state index in [2.05, 4.69) is 40.5 Å². The molecule has 136 valence electrons. The lowest BCUT2D eigenvalue weighted by atomic mass is 10.0. The predicted molar refractivity (Wildman–Crippen MR) is 114 cm³/mol. The van der Waals surface area contributed by atoms with E-state index in [1.807, 2.05) is 36.4 Å². The fourth-order valence-corrected chi connectivity index (χ4v) is 2.32. The van der Waals surface area contributed by atoms with Crippen LogP contribution in [0.3, 0.4) is 0 Å². The molecule has 0 unspecified atom stereocenters. The summed E-state index contributed by atoms with van der Waals surface area (Å²) in [5.41, 5.74) is 2.21. The third-order valence-corrected chi connectivity index (χ3v) is 3.58. The smallest absolute Gasteiger partial charge is 0.191 e. The molecule has 25 heavy (non-hydrogen) atoms. The molecule has 5 nitrogen and oxygen atoms in total. The number of halogens is 1. The van der Waals surface area contributed by atoms with Crippen LogP contribution in [0.25, 0.3) is 0 Å². The van der Waals surface area contributed by atoms with E-state index in [4.69, 9.17) is 4.74 Å². The molecule has 0 aliphatic carbocycles. The van der Waals surface area contributed by atoms with Crippen LogP contribution in [0.5, 0.6) is 5.75 Å². The Balaban J connectivity index is 0.00000312. The molecule has 0 fully saturated rings. The number of aromatic nitrogens is 1. The van der Waals surface area contributed by atoms with E-state index in [9.17, 15) is 0 Å². The molecule has 0 spiro atoms. The van der Waals surface area contributed by atoms with E-state index in [-0.39, 0.29) is 24.0 Å². The third-order valence-electron chi connectivity index (χ3n) is 3.58. The molecule has 1 heterocycles. The van der Waals surface area contributed by atoms with Gasteiger partial charge in [0.1, 0.15) is 12.4 Å². The standard InChI is InChI=1S/C19H26N4O.HI/c1-15(2)17-9-4-5-10-18(17)24-13-12-22-19(20-3)23-14-16-8-6-7-11-21-16;/h4-11,15H,12-14H2,1-3H3,(H2,20,22,23);1H. The van der Waals surface area contributed by atoms with Crippen molar-refractivity contribution < 1.29 is 4.74 Å². The van der Waals surface area contributed by atoms with Gasteiger partial charge in [-0.05, 0) is 29.7 Å². The number of benzene rings is 1. The highest BCUT2D eigenvalue weighted by Crippen LogP contribution is 2.25. The highest BCUT2D eigenvalue weighted by atomic mass is 127. The van der Waals surface area contributed by atoms with Crippen molar-refractivity contribution in [3.05, 3.63) is 59.9 Å². The summed E-state index contributed by atoms with van der Waals surface area (Å²) in [4.78, 5) is 8.48. The van der Waals surface area contributed by atoms with Crippen molar-refractivity contribution in [1.29, 1.82) is 0 Å². The van der Waals surface area contributed by atoms with Crippen LogP contribution in [-0.2, 0) is 6.54 Å². The fraction of sp³-hybridized carbons (Fsp3) is 0.368. The summed E-state index contributed by atoms with van der Waals surface area (Å²) in [7, 11) is 1.75. The van der Waals surface area contributed by atoms with Crippen molar-refractivity contribution in [3.8, 4) is 5.75 Å². The zero-order chi connectivity index (χ0) is 17.2. The zero-order valence-corrected chi connectivity index (χ0v) is 17.4. The first-order valence-corrected chi connectivity index (χ1v) is 8.27. The molecular weight excluding hydrogens is 427 g/mol. The van der Waals surface area contributed by atoms with Gasteiger partial charge in [0, 0.05) is 13.2 Å². The Labute approximate surface area is 167 Å². The number of pyridine rings is 1. The maximum absolute atomic E-state index is 5.90. The van der Waals surface area contributed by atoms with Gasteiger partial charge in [0.2, 0.25) is 0 Å². The van der Waals surface area contributed by atoms with Gasteiger partial charge in [-0.1, -0.05) is 38.1 Å². The van der Waals surface area contributed by atoms with Crippen LogP contribution in [0.15, 0.2) is 53.7 Å². The van der Waals surface area contributed by atoms with E-state index < -0.39 is 0 Å². The molecule has 6 heteroatoms. The number of rotatable bonds is 7. The van der Waals surface area contributed by atoms with Crippen LogP contribution in [0.1, 0.15) is 31.0 Å². The number of aliphatic imine (C=N–C) groups is 1. The Bertz CT molecular complexity index is 647. The predicted octanol–water partition coefficient (Wildman–Crippen LogP) is 3.57. The maximum atomic E-state index is 5.90. The Hall–Kier alpha value is -1.83. The highest BCUT2D eigenvalue weighted by molar-refractivity contribution is 14.0. The van der Waals surface area contributed by atoms with Crippen molar-refractivity contribution in [2.45, 2.75) is 26.3 Å². The quantitative estimate of drug-likeness (QED) is 0.291. The molecule has 0 saturated heterocycles. The molecule has 0 aliphatic rings. The number of hydrogen-bond donors (Lipinski definition) is 2. The summed E-state index contributed by atoms with van der Waals surface area (Å²) in [6, 6.07) is 14.0. The maximum Gasteiger partial charge on any atom is 0.191 e. The second-order valence-electron chi connectivity index (χ2n) is 5.71.